The number of aliphatic hydroxyl groups is 1. The fraction of sp³-hybridized carbons (Fsp3) is 0.200. The van der Waals surface area contributed by atoms with E-state index in [1.165, 1.54) is 24.6 Å². The summed E-state index contributed by atoms with van der Waals surface area (Å²) in [7, 11) is 1.53. The van der Waals surface area contributed by atoms with Gasteiger partial charge in [0.15, 0.2) is 0 Å². The first-order valence-corrected chi connectivity index (χ1v) is 7.05. The molecule has 0 aliphatic heterocycles. The molecule has 0 radical (unpaired) electrons. The van der Waals surface area contributed by atoms with Crippen LogP contribution in [-0.4, -0.2) is 29.7 Å². The molecule has 0 unspecified atom stereocenters. The van der Waals surface area contributed by atoms with Crippen LogP contribution >= 0.6 is 11.3 Å². The number of nitrogens with zero attached hydrogens (tertiary/aromatic N) is 1. The highest BCUT2D eigenvalue weighted by atomic mass is 32.1. The van der Waals surface area contributed by atoms with Gasteiger partial charge in [-0.25, -0.2) is 4.98 Å². The van der Waals surface area contributed by atoms with Crippen molar-refractivity contribution in [1.82, 2.24) is 4.98 Å². The number of carbonyl (C=O) groups excluding carboxylic acids is 1. The molecule has 0 bridgehead atoms. The minimum Gasteiger partial charge on any atom is -0.481 e. The average Bonchev–Trinajstić information content (AvgIpc) is 2.97. The molecule has 2 heterocycles. The summed E-state index contributed by atoms with van der Waals surface area (Å²) in [6, 6.07) is 6.91. The first-order chi connectivity index (χ1) is 10.2. The molecule has 0 spiro atoms. The minimum absolute atomic E-state index is 0.0379. The van der Waals surface area contributed by atoms with Crippen molar-refractivity contribution in [3.05, 3.63) is 40.2 Å². The Morgan fingerprint density at radius 3 is 2.95 bits per heavy atom. The summed E-state index contributed by atoms with van der Waals surface area (Å²) >= 11 is 1.31. The van der Waals surface area contributed by atoms with Crippen LogP contribution in [0, 0.1) is 11.8 Å². The van der Waals surface area contributed by atoms with Crippen LogP contribution in [0.3, 0.4) is 0 Å². The smallest absolute Gasteiger partial charge is 0.265 e. The Balaban J connectivity index is 2.01. The lowest BCUT2D eigenvalue weighted by atomic mass is 10.3. The highest BCUT2D eigenvalue weighted by Gasteiger charge is 2.09. The van der Waals surface area contributed by atoms with E-state index in [0.717, 1.165) is 4.88 Å². The number of anilines is 1. The van der Waals surface area contributed by atoms with Crippen molar-refractivity contribution >= 4 is 22.9 Å². The minimum atomic E-state index is -0.206. The summed E-state index contributed by atoms with van der Waals surface area (Å²) in [6.07, 6.45) is 1.96. The molecule has 0 saturated heterocycles. The number of hydrogen-bond acceptors (Lipinski definition) is 5. The number of aliphatic hydroxyl groups excluding tert-OH is 1. The molecule has 21 heavy (non-hydrogen) atoms. The number of nitrogens with one attached hydrogen (secondary N) is 1. The Morgan fingerprint density at radius 2 is 2.29 bits per heavy atom. The number of rotatable bonds is 4. The number of carbonyl (C=O) groups is 1. The van der Waals surface area contributed by atoms with Crippen LogP contribution in [0.4, 0.5) is 5.69 Å². The number of amides is 1. The van der Waals surface area contributed by atoms with Crippen LogP contribution in [0.2, 0.25) is 0 Å². The number of aromatic nitrogens is 1. The van der Waals surface area contributed by atoms with Crippen molar-refractivity contribution in [3.63, 3.8) is 0 Å². The van der Waals surface area contributed by atoms with Gasteiger partial charge in [-0.1, -0.05) is 11.8 Å². The van der Waals surface area contributed by atoms with E-state index in [1.54, 1.807) is 24.3 Å². The fourth-order valence-corrected chi connectivity index (χ4v) is 2.28. The zero-order chi connectivity index (χ0) is 15.1. The predicted molar refractivity (Wildman–Crippen MR) is 81.6 cm³/mol. The Kier molecular flexibility index (Phi) is 5.32. The molecular weight excluding hydrogens is 288 g/mol. The number of methoxy groups -OCH3 is 1. The molecule has 0 fully saturated rings. The molecule has 0 aliphatic carbocycles. The van der Waals surface area contributed by atoms with E-state index in [0.29, 0.717) is 22.9 Å². The van der Waals surface area contributed by atoms with E-state index in [9.17, 15) is 4.79 Å². The number of thiophene rings is 1. The van der Waals surface area contributed by atoms with Crippen molar-refractivity contribution in [2.24, 2.45) is 0 Å². The summed E-state index contributed by atoms with van der Waals surface area (Å²) in [5.74, 6) is 6.01. The summed E-state index contributed by atoms with van der Waals surface area (Å²) in [6.45, 7) is 0.0379. The van der Waals surface area contributed by atoms with E-state index in [4.69, 9.17) is 9.84 Å². The third kappa shape index (κ3) is 4.31. The molecule has 0 atom stereocenters. The van der Waals surface area contributed by atoms with Gasteiger partial charge in [-0.15, -0.1) is 11.3 Å². The summed E-state index contributed by atoms with van der Waals surface area (Å²) < 4.78 is 4.95. The lowest BCUT2D eigenvalue weighted by Gasteiger charge is -2.03. The molecule has 1 amide bonds. The van der Waals surface area contributed by atoms with Crippen molar-refractivity contribution in [3.8, 4) is 17.7 Å². The third-order valence-electron chi connectivity index (χ3n) is 2.48. The van der Waals surface area contributed by atoms with Gasteiger partial charge in [-0.05, 0) is 18.2 Å². The molecule has 108 valence electrons. The molecule has 0 aliphatic rings. The van der Waals surface area contributed by atoms with Gasteiger partial charge in [-0.3, -0.25) is 4.79 Å². The highest BCUT2D eigenvalue weighted by molar-refractivity contribution is 7.14. The quantitative estimate of drug-likeness (QED) is 0.849. The first kappa shape index (κ1) is 15.0. The molecule has 2 aromatic rings. The Labute approximate surface area is 126 Å². The zero-order valence-electron chi connectivity index (χ0n) is 11.4. The van der Waals surface area contributed by atoms with Crippen molar-refractivity contribution in [2.75, 3.05) is 19.0 Å². The zero-order valence-corrected chi connectivity index (χ0v) is 12.2. The third-order valence-corrected chi connectivity index (χ3v) is 3.48. The second-order valence-corrected chi connectivity index (χ2v) is 5.07. The molecule has 6 heteroatoms. The van der Waals surface area contributed by atoms with Gasteiger partial charge in [0.1, 0.15) is 0 Å². The maximum Gasteiger partial charge on any atom is 0.265 e. The van der Waals surface area contributed by atoms with Gasteiger partial charge in [0.2, 0.25) is 5.88 Å². The van der Waals surface area contributed by atoms with Crippen LogP contribution in [0.1, 0.15) is 21.0 Å². The van der Waals surface area contributed by atoms with Crippen molar-refractivity contribution in [1.29, 1.82) is 0 Å². The number of pyridine rings is 1. The van der Waals surface area contributed by atoms with E-state index in [2.05, 4.69) is 22.1 Å². The van der Waals surface area contributed by atoms with Crippen LogP contribution in [-0.2, 0) is 0 Å². The first-order valence-electron chi connectivity index (χ1n) is 6.24. The van der Waals surface area contributed by atoms with E-state index in [-0.39, 0.29) is 12.5 Å². The molecular formula is C15H14N2O3S. The van der Waals surface area contributed by atoms with Crippen LogP contribution in [0.5, 0.6) is 5.88 Å². The lowest BCUT2D eigenvalue weighted by molar-refractivity contribution is 0.103. The van der Waals surface area contributed by atoms with Crippen LogP contribution in [0.25, 0.3) is 0 Å². The second-order valence-electron chi connectivity index (χ2n) is 3.98. The van der Waals surface area contributed by atoms with Gasteiger partial charge in [0.25, 0.3) is 5.91 Å². The lowest BCUT2D eigenvalue weighted by Crippen LogP contribution is -2.10. The van der Waals surface area contributed by atoms with E-state index < -0.39 is 0 Å². The molecule has 0 saturated carbocycles. The monoisotopic (exact) mass is 302 g/mol. The van der Waals surface area contributed by atoms with Gasteiger partial charge in [0, 0.05) is 12.5 Å². The van der Waals surface area contributed by atoms with Gasteiger partial charge in [-0.2, -0.15) is 0 Å². The topological polar surface area (TPSA) is 71.5 Å². The second kappa shape index (κ2) is 7.43. The van der Waals surface area contributed by atoms with Crippen molar-refractivity contribution in [2.45, 2.75) is 6.42 Å². The summed E-state index contributed by atoms with van der Waals surface area (Å²) in [4.78, 5) is 17.4. The predicted octanol–water partition coefficient (Wildman–Crippen LogP) is 2.14. The Hall–Kier alpha value is -2.36. The maximum absolute atomic E-state index is 12.1. The molecule has 5 nitrogen and oxygen atoms in total. The fourth-order valence-electron chi connectivity index (χ4n) is 1.50. The molecule has 0 aromatic carbocycles. The number of ether oxygens (including phenoxy) is 1. The van der Waals surface area contributed by atoms with Gasteiger partial charge < -0.3 is 15.2 Å². The van der Waals surface area contributed by atoms with E-state index >= 15 is 0 Å². The van der Waals surface area contributed by atoms with Gasteiger partial charge >= 0.3 is 0 Å². The maximum atomic E-state index is 12.1. The van der Waals surface area contributed by atoms with Crippen LogP contribution in [0.15, 0.2) is 30.5 Å². The largest absolute Gasteiger partial charge is 0.481 e. The van der Waals surface area contributed by atoms with Crippen LogP contribution < -0.4 is 10.1 Å². The summed E-state index contributed by atoms with van der Waals surface area (Å²) in [5, 5.41) is 11.4. The summed E-state index contributed by atoms with van der Waals surface area (Å²) in [5.41, 5.74) is 0.599. The normalized spacial score (nSPS) is 9.62. The average molecular weight is 302 g/mol. The molecule has 2 N–H and O–H groups in total. The Morgan fingerprint density at radius 1 is 1.43 bits per heavy atom. The Bertz CT molecular complexity index is 668. The molecule has 2 aromatic heterocycles. The van der Waals surface area contributed by atoms with E-state index in [1.807, 2.05) is 0 Å². The number of hydrogen-bond donors (Lipinski definition) is 2. The standard InChI is InChI=1S/C15H14N2O3S/c1-20-14-8-5-11(10-16-14)17-15(19)13-7-6-12(21-13)4-2-3-9-18/h5-8,10,18H,3,9H2,1H3,(H,17,19). The van der Waals surface area contributed by atoms with Gasteiger partial charge in [0.05, 0.1) is 35.4 Å². The van der Waals surface area contributed by atoms with Crippen molar-refractivity contribution < 1.29 is 14.6 Å². The highest BCUT2D eigenvalue weighted by Crippen LogP contribution is 2.18. The molecule has 2 rings (SSSR count). The SMILES string of the molecule is COc1ccc(NC(=O)c2ccc(C#CCCO)s2)cn1.